The molecule has 0 aliphatic carbocycles. The van der Waals surface area contributed by atoms with Crippen molar-refractivity contribution in [2.24, 2.45) is 0 Å². The van der Waals surface area contributed by atoms with Crippen molar-refractivity contribution in [2.75, 3.05) is 19.6 Å². The Labute approximate surface area is 167 Å². The first-order chi connectivity index (χ1) is 13.9. The maximum Gasteiger partial charge on any atom is 0.416 e. The molecule has 1 aromatic heterocycles. The van der Waals surface area contributed by atoms with Crippen LogP contribution in [-0.4, -0.2) is 45.5 Å². The number of rotatable bonds is 4. The van der Waals surface area contributed by atoms with E-state index in [4.69, 9.17) is 0 Å². The Morgan fingerprint density at radius 3 is 2.62 bits per heavy atom. The lowest BCUT2D eigenvalue weighted by Crippen LogP contribution is -2.38. The number of hydrogen-bond acceptors (Lipinski definition) is 3. The van der Waals surface area contributed by atoms with Gasteiger partial charge in [0.05, 0.1) is 11.3 Å². The number of fused-ring (bicyclic) bond motifs is 1. The number of hydrogen-bond donors (Lipinski definition) is 1. The maximum atomic E-state index is 13.3. The number of aromatic nitrogens is 2. The molecule has 1 fully saturated rings. The minimum absolute atomic E-state index is 0.122. The van der Waals surface area contributed by atoms with Crippen molar-refractivity contribution < 1.29 is 18.0 Å². The van der Waals surface area contributed by atoms with Gasteiger partial charge in [-0.1, -0.05) is 25.1 Å². The first-order valence-corrected chi connectivity index (χ1v) is 10.1. The van der Waals surface area contributed by atoms with Gasteiger partial charge < -0.3 is 4.90 Å². The van der Waals surface area contributed by atoms with Crippen LogP contribution < -0.4 is 0 Å². The van der Waals surface area contributed by atoms with E-state index in [1.807, 2.05) is 0 Å². The number of likely N-dealkylation sites (tertiary alicyclic amines) is 1. The summed E-state index contributed by atoms with van der Waals surface area (Å²) in [7, 11) is 0. The van der Waals surface area contributed by atoms with E-state index in [1.54, 1.807) is 17.0 Å². The Morgan fingerprint density at radius 1 is 1.21 bits per heavy atom. The molecule has 0 unspecified atom stereocenters. The quantitative estimate of drug-likeness (QED) is 0.829. The molecule has 1 N–H and O–H groups in total. The summed E-state index contributed by atoms with van der Waals surface area (Å²) >= 11 is 0. The molecule has 1 saturated heterocycles. The highest BCUT2D eigenvalue weighted by atomic mass is 19.4. The molecule has 2 aromatic rings. The van der Waals surface area contributed by atoms with E-state index in [9.17, 15) is 18.0 Å². The molecular formula is C21H25F3N4O. The van der Waals surface area contributed by atoms with Crippen molar-refractivity contribution in [1.82, 2.24) is 20.0 Å². The first kappa shape index (κ1) is 19.9. The molecule has 29 heavy (non-hydrogen) atoms. The fraction of sp³-hybridized carbons (Fsp3) is 0.524. The molecule has 156 valence electrons. The van der Waals surface area contributed by atoms with Crippen LogP contribution in [0.3, 0.4) is 0 Å². The molecular weight excluding hydrogens is 381 g/mol. The average Bonchev–Trinajstić information content (AvgIpc) is 3.27. The highest BCUT2D eigenvalue weighted by molar-refractivity contribution is 5.94. The van der Waals surface area contributed by atoms with Crippen LogP contribution in [0.1, 0.15) is 65.0 Å². The summed E-state index contributed by atoms with van der Waals surface area (Å²) < 4.78 is 40.0. The SMILES string of the molecule is CCCN1Cc2[nH]nc(C(=O)N3CCC(c4ccccc4C(F)(F)F)CC3)c2C1. The number of amides is 1. The van der Waals surface area contributed by atoms with Gasteiger partial charge >= 0.3 is 6.18 Å². The van der Waals surface area contributed by atoms with Gasteiger partial charge in [0.15, 0.2) is 5.69 Å². The summed E-state index contributed by atoms with van der Waals surface area (Å²) in [6.07, 6.45) is -2.27. The molecule has 1 amide bonds. The van der Waals surface area contributed by atoms with E-state index >= 15 is 0 Å². The number of H-pyrrole nitrogens is 1. The van der Waals surface area contributed by atoms with Gasteiger partial charge in [0.2, 0.25) is 0 Å². The molecule has 4 rings (SSSR count). The van der Waals surface area contributed by atoms with E-state index in [2.05, 4.69) is 22.0 Å². The first-order valence-electron chi connectivity index (χ1n) is 10.1. The molecule has 8 heteroatoms. The second-order valence-electron chi connectivity index (χ2n) is 7.89. The standard InChI is InChI=1S/C21H25F3N4O/c1-2-9-27-12-16-18(13-27)25-26-19(16)20(29)28-10-7-14(8-11-28)15-5-3-4-6-17(15)21(22,23)24/h3-6,14H,2,7-13H2,1H3,(H,25,26). The fourth-order valence-electron chi connectivity index (χ4n) is 4.51. The van der Waals surface area contributed by atoms with Crippen molar-refractivity contribution in [3.05, 3.63) is 52.3 Å². The van der Waals surface area contributed by atoms with E-state index < -0.39 is 11.7 Å². The third-order valence-corrected chi connectivity index (χ3v) is 5.95. The van der Waals surface area contributed by atoms with Crippen molar-refractivity contribution in [1.29, 1.82) is 0 Å². The number of nitrogens with zero attached hydrogens (tertiary/aromatic N) is 3. The Balaban J connectivity index is 1.44. The normalized spacial score (nSPS) is 18.3. The lowest BCUT2D eigenvalue weighted by Gasteiger charge is -2.33. The lowest BCUT2D eigenvalue weighted by atomic mass is 9.86. The monoisotopic (exact) mass is 406 g/mol. The summed E-state index contributed by atoms with van der Waals surface area (Å²) in [4.78, 5) is 17.0. The molecule has 0 atom stereocenters. The van der Waals surface area contributed by atoms with Crippen LogP contribution in [0, 0.1) is 0 Å². The highest BCUT2D eigenvalue weighted by Gasteiger charge is 2.37. The van der Waals surface area contributed by atoms with E-state index in [-0.39, 0.29) is 11.8 Å². The van der Waals surface area contributed by atoms with Gasteiger partial charge in [-0.2, -0.15) is 18.3 Å². The molecule has 2 aliphatic heterocycles. The van der Waals surface area contributed by atoms with E-state index in [1.165, 1.54) is 6.07 Å². The fourth-order valence-corrected chi connectivity index (χ4v) is 4.51. The number of aromatic amines is 1. The van der Waals surface area contributed by atoms with Crippen LogP contribution in [0.15, 0.2) is 24.3 Å². The number of nitrogens with one attached hydrogen (secondary N) is 1. The number of carbonyl (C=O) groups excluding carboxylic acids is 1. The van der Waals surface area contributed by atoms with Gasteiger partial charge in [-0.05, 0) is 43.4 Å². The molecule has 0 saturated carbocycles. The minimum atomic E-state index is -4.36. The Bertz CT molecular complexity index is 884. The molecule has 0 radical (unpaired) electrons. The topological polar surface area (TPSA) is 52.2 Å². The van der Waals surface area contributed by atoms with E-state index in [0.717, 1.165) is 43.4 Å². The molecule has 3 heterocycles. The second-order valence-corrected chi connectivity index (χ2v) is 7.89. The zero-order valence-corrected chi connectivity index (χ0v) is 16.4. The molecule has 2 aliphatic rings. The number of halogens is 3. The maximum absolute atomic E-state index is 13.3. The third kappa shape index (κ3) is 3.90. The van der Waals surface area contributed by atoms with Crippen LogP contribution in [0.5, 0.6) is 0 Å². The average molecular weight is 406 g/mol. The molecule has 5 nitrogen and oxygen atoms in total. The summed E-state index contributed by atoms with van der Waals surface area (Å²) in [5.74, 6) is -0.315. The van der Waals surface area contributed by atoms with Crippen LogP contribution in [0.25, 0.3) is 0 Å². The van der Waals surface area contributed by atoms with Gasteiger partial charge in [0.25, 0.3) is 5.91 Å². The van der Waals surface area contributed by atoms with Crippen molar-refractivity contribution in [3.8, 4) is 0 Å². The van der Waals surface area contributed by atoms with Gasteiger partial charge in [-0.3, -0.25) is 14.8 Å². The minimum Gasteiger partial charge on any atom is -0.337 e. The second kappa shape index (κ2) is 7.82. The van der Waals surface area contributed by atoms with Crippen molar-refractivity contribution >= 4 is 5.91 Å². The van der Waals surface area contributed by atoms with Gasteiger partial charge in [0.1, 0.15) is 0 Å². The van der Waals surface area contributed by atoms with Crippen molar-refractivity contribution in [2.45, 2.75) is 51.4 Å². The summed E-state index contributed by atoms with van der Waals surface area (Å²) in [5, 5.41) is 7.23. The summed E-state index contributed by atoms with van der Waals surface area (Å²) in [6, 6.07) is 5.78. The third-order valence-electron chi connectivity index (χ3n) is 5.95. The molecule has 1 aromatic carbocycles. The number of benzene rings is 1. The zero-order valence-electron chi connectivity index (χ0n) is 16.4. The predicted molar refractivity (Wildman–Crippen MR) is 102 cm³/mol. The predicted octanol–water partition coefficient (Wildman–Crippen LogP) is 4.17. The largest absolute Gasteiger partial charge is 0.416 e. The van der Waals surface area contributed by atoms with Gasteiger partial charge in [0, 0.05) is 31.7 Å². The molecule has 0 bridgehead atoms. The van der Waals surface area contributed by atoms with Crippen LogP contribution in [-0.2, 0) is 19.3 Å². The molecule has 0 spiro atoms. The highest BCUT2D eigenvalue weighted by Crippen LogP contribution is 2.39. The summed E-state index contributed by atoms with van der Waals surface area (Å²) in [5.41, 5.74) is 2.20. The smallest absolute Gasteiger partial charge is 0.337 e. The summed E-state index contributed by atoms with van der Waals surface area (Å²) in [6.45, 7) is 5.47. The van der Waals surface area contributed by atoms with Crippen LogP contribution >= 0.6 is 0 Å². The number of piperidine rings is 1. The number of alkyl halides is 3. The zero-order chi connectivity index (χ0) is 20.6. The van der Waals surface area contributed by atoms with Crippen LogP contribution in [0.2, 0.25) is 0 Å². The Kier molecular flexibility index (Phi) is 5.38. The van der Waals surface area contributed by atoms with Gasteiger partial charge in [-0.15, -0.1) is 0 Å². The Morgan fingerprint density at radius 2 is 1.93 bits per heavy atom. The lowest BCUT2D eigenvalue weighted by molar-refractivity contribution is -0.138. The van der Waals surface area contributed by atoms with Crippen LogP contribution in [0.4, 0.5) is 13.2 Å². The Hall–Kier alpha value is -2.35. The van der Waals surface area contributed by atoms with Gasteiger partial charge in [-0.25, -0.2) is 0 Å². The van der Waals surface area contributed by atoms with Crippen molar-refractivity contribution in [3.63, 3.8) is 0 Å². The van der Waals surface area contributed by atoms with E-state index in [0.29, 0.717) is 37.2 Å². The number of carbonyl (C=O) groups is 1.